The molecule has 7 heteroatoms. The number of likely N-dealkylation sites (tertiary alicyclic amines) is 1. The fraction of sp³-hybridized carbons (Fsp3) is 0.455. The van der Waals surface area contributed by atoms with Crippen LogP contribution >= 0.6 is 0 Å². The molecule has 0 atom stereocenters. The average Bonchev–Trinajstić information content (AvgIpc) is 2.97. The molecule has 0 aliphatic carbocycles. The van der Waals surface area contributed by atoms with E-state index in [4.69, 9.17) is 5.26 Å². The first-order valence-corrected chi connectivity index (χ1v) is 5.86. The molecule has 0 unspecified atom stereocenters. The molecule has 2 aromatic heterocycles. The third-order valence-electron chi connectivity index (χ3n) is 3.13. The number of hydrogen-bond acceptors (Lipinski definition) is 5. The predicted molar refractivity (Wildman–Crippen MR) is 62.4 cm³/mol. The van der Waals surface area contributed by atoms with Crippen molar-refractivity contribution in [2.24, 2.45) is 0 Å². The monoisotopic (exact) mass is 243 g/mol. The summed E-state index contributed by atoms with van der Waals surface area (Å²) in [6.45, 7) is 3.68. The summed E-state index contributed by atoms with van der Waals surface area (Å²) >= 11 is 0. The minimum absolute atomic E-state index is 0.387. The van der Waals surface area contributed by atoms with Crippen molar-refractivity contribution in [3.8, 4) is 6.07 Å². The van der Waals surface area contributed by atoms with Crippen molar-refractivity contribution < 1.29 is 0 Å². The zero-order chi connectivity index (χ0) is 12.4. The van der Waals surface area contributed by atoms with Crippen LogP contribution in [0.1, 0.15) is 11.6 Å². The molecule has 0 bridgehead atoms. The number of nitrogens with zero attached hydrogens (tertiary/aromatic N) is 7. The Kier molecular flexibility index (Phi) is 2.78. The van der Waals surface area contributed by atoms with Crippen molar-refractivity contribution in [1.82, 2.24) is 29.7 Å². The smallest absolute Gasteiger partial charge is 0.102 e. The quantitative estimate of drug-likeness (QED) is 0.749. The highest BCUT2D eigenvalue weighted by Gasteiger charge is 2.28. The zero-order valence-corrected chi connectivity index (χ0v) is 9.85. The standard InChI is InChI=1S/C11H13N7/c12-5-10-6-15-17(7-10)11-8-16(9-11)3-4-18-13-1-2-14-18/h1-2,6-7,11H,3-4,8-9H2. The molecule has 3 rings (SSSR count). The minimum atomic E-state index is 0.387. The molecular formula is C11H13N7. The van der Waals surface area contributed by atoms with Gasteiger partial charge in [0.2, 0.25) is 0 Å². The van der Waals surface area contributed by atoms with E-state index in [2.05, 4.69) is 26.3 Å². The summed E-state index contributed by atoms with van der Waals surface area (Å²) in [6, 6.07) is 2.48. The number of hydrogen-bond donors (Lipinski definition) is 0. The molecule has 18 heavy (non-hydrogen) atoms. The molecule has 2 aromatic rings. The molecule has 92 valence electrons. The second kappa shape index (κ2) is 4.58. The van der Waals surface area contributed by atoms with Crippen LogP contribution in [0.25, 0.3) is 0 Å². The van der Waals surface area contributed by atoms with E-state index < -0.39 is 0 Å². The minimum Gasteiger partial charge on any atom is -0.297 e. The Bertz CT molecular complexity index is 544. The maximum absolute atomic E-state index is 8.73. The first-order chi connectivity index (χ1) is 8.85. The van der Waals surface area contributed by atoms with Gasteiger partial charge in [0.25, 0.3) is 0 Å². The van der Waals surface area contributed by atoms with E-state index in [1.54, 1.807) is 29.6 Å². The van der Waals surface area contributed by atoms with Crippen LogP contribution in [-0.4, -0.2) is 49.3 Å². The van der Waals surface area contributed by atoms with Crippen molar-refractivity contribution in [2.45, 2.75) is 12.6 Å². The molecule has 1 fully saturated rings. The molecule has 0 saturated carbocycles. The Morgan fingerprint density at radius 1 is 1.22 bits per heavy atom. The molecule has 3 heterocycles. The summed E-state index contributed by atoms with van der Waals surface area (Å²) in [7, 11) is 0. The van der Waals surface area contributed by atoms with Crippen molar-refractivity contribution in [2.75, 3.05) is 19.6 Å². The molecule has 0 N–H and O–H groups in total. The van der Waals surface area contributed by atoms with Crippen LogP contribution in [0.3, 0.4) is 0 Å². The lowest BCUT2D eigenvalue weighted by Crippen LogP contribution is -2.48. The van der Waals surface area contributed by atoms with Crippen molar-refractivity contribution in [1.29, 1.82) is 5.26 Å². The van der Waals surface area contributed by atoms with Crippen LogP contribution in [0.15, 0.2) is 24.8 Å². The van der Waals surface area contributed by atoms with Gasteiger partial charge in [-0.3, -0.25) is 9.58 Å². The summed E-state index contributed by atoms with van der Waals surface area (Å²) in [4.78, 5) is 4.01. The average molecular weight is 243 g/mol. The summed E-state index contributed by atoms with van der Waals surface area (Å²) < 4.78 is 1.88. The number of nitriles is 1. The maximum atomic E-state index is 8.73. The lowest BCUT2D eigenvalue weighted by molar-refractivity contribution is 0.0918. The van der Waals surface area contributed by atoms with E-state index in [9.17, 15) is 0 Å². The normalized spacial score (nSPS) is 16.4. The first-order valence-electron chi connectivity index (χ1n) is 5.86. The van der Waals surface area contributed by atoms with E-state index in [0.717, 1.165) is 26.2 Å². The predicted octanol–water partition coefficient (Wildman–Crippen LogP) is -0.0968. The van der Waals surface area contributed by atoms with Gasteiger partial charge < -0.3 is 0 Å². The Hall–Kier alpha value is -2.20. The SMILES string of the molecule is N#Cc1cnn(C2CN(CCn3nccn3)C2)c1. The van der Waals surface area contributed by atoms with Crippen molar-refractivity contribution >= 4 is 0 Å². The fourth-order valence-corrected chi connectivity index (χ4v) is 2.08. The highest BCUT2D eigenvalue weighted by Crippen LogP contribution is 2.20. The van der Waals surface area contributed by atoms with E-state index in [1.165, 1.54) is 0 Å². The van der Waals surface area contributed by atoms with Gasteiger partial charge in [-0.05, 0) is 0 Å². The largest absolute Gasteiger partial charge is 0.297 e. The van der Waals surface area contributed by atoms with E-state index in [0.29, 0.717) is 11.6 Å². The highest BCUT2D eigenvalue weighted by molar-refractivity contribution is 5.22. The maximum Gasteiger partial charge on any atom is 0.102 e. The van der Waals surface area contributed by atoms with Gasteiger partial charge in [-0.15, -0.1) is 0 Å². The van der Waals surface area contributed by atoms with Crippen LogP contribution in [0, 0.1) is 11.3 Å². The van der Waals surface area contributed by atoms with Gasteiger partial charge in [0.05, 0.1) is 36.7 Å². The molecule has 0 radical (unpaired) electrons. The third kappa shape index (κ3) is 2.10. The Morgan fingerprint density at radius 2 is 2.00 bits per heavy atom. The number of aromatic nitrogens is 5. The van der Waals surface area contributed by atoms with E-state index in [1.807, 2.05) is 4.68 Å². The topological polar surface area (TPSA) is 75.6 Å². The van der Waals surface area contributed by atoms with Crippen LogP contribution in [0.2, 0.25) is 0 Å². The Morgan fingerprint density at radius 3 is 2.67 bits per heavy atom. The van der Waals surface area contributed by atoms with Gasteiger partial charge in [0.1, 0.15) is 6.07 Å². The molecule has 1 aliphatic rings. The van der Waals surface area contributed by atoms with Gasteiger partial charge in [-0.1, -0.05) is 0 Å². The lowest BCUT2D eigenvalue weighted by atomic mass is 10.1. The van der Waals surface area contributed by atoms with Crippen molar-refractivity contribution in [3.05, 3.63) is 30.4 Å². The Balaban J connectivity index is 1.47. The molecule has 1 saturated heterocycles. The van der Waals surface area contributed by atoms with Gasteiger partial charge >= 0.3 is 0 Å². The highest BCUT2D eigenvalue weighted by atomic mass is 15.5. The molecule has 0 aromatic carbocycles. The second-order valence-corrected chi connectivity index (χ2v) is 4.36. The lowest BCUT2D eigenvalue weighted by Gasteiger charge is -2.38. The second-order valence-electron chi connectivity index (χ2n) is 4.36. The third-order valence-corrected chi connectivity index (χ3v) is 3.13. The summed E-state index contributed by atoms with van der Waals surface area (Å²) in [5, 5.41) is 21.1. The molecule has 1 aliphatic heterocycles. The summed E-state index contributed by atoms with van der Waals surface area (Å²) in [5.74, 6) is 0. The first kappa shape index (κ1) is 10.9. The van der Waals surface area contributed by atoms with Crippen LogP contribution < -0.4 is 0 Å². The summed E-state index contributed by atoms with van der Waals surface area (Å²) in [6.07, 6.45) is 6.78. The summed E-state index contributed by atoms with van der Waals surface area (Å²) in [5.41, 5.74) is 0.620. The van der Waals surface area contributed by atoms with Crippen LogP contribution in [-0.2, 0) is 6.54 Å². The zero-order valence-electron chi connectivity index (χ0n) is 9.85. The molecule has 7 nitrogen and oxygen atoms in total. The van der Waals surface area contributed by atoms with Crippen molar-refractivity contribution in [3.63, 3.8) is 0 Å². The van der Waals surface area contributed by atoms with Gasteiger partial charge in [0.15, 0.2) is 0 Å². The van der Waals surface area contributed by atoms with Crippen LogP contribution in [0.4, 0.5) is 0 Å². The van der Waals surface area contributed by atoms with Gasteiger partial charge in [-0.2, -0.15) is 25.4 Å². The molecule has 0 spiro atoms. The van der Waals surface area contributed by atoms with E-state index >= 15 is 0 Å². The molecule has 0 amide bonds. The van der Waals surface area contributed by atoms with Gasteiger partial charge in [0, 0.05) is 25.8 Å². The van der Waals surface area contributed by atoms with Crippen LogP contribution in [0.5, 0.6) is 0 Å². The Labute approximate surface area is 104 Å². The van der Waals surface area contributed by atoms with Gasteiger partial charge in [-0.25, -0.2) is 0 Å². The molecular weight excluding hydrogens is 230 g/mol. The number of rotatable bonds is 4. The van der Waals surface area contributed by atoms with E-state index in [-0.39, 0.29) is 0 Å². The fourth-order valence-electron chi connectivity index (χ4n) is 2.08.